The number of nitrogens with zero attached hydrogens (tertiary/aromatic N) is 2. The minimum Gasteiger partial charge on any atom is -0.370 e. The second-order valence-electron chi connectivity index (χ2n) is 7.99. The summed E-state index contributed by atoms with van der Waals surface area (Å²) < 4.78 is 0. The van der Waals surface area contributed by atoms with E-state index in [2.05, 4.69) is 44.7 Å². The quantitative estimate of drug-likeness (QED) is 0.746. The van der Waals surface area contributed by atoms with Crippen molar-refractivity contribution >= 4 is 29.0 Å². The van der Waals surface area contributed by atoms with Gasteiger partial charge >= 0.3 is 6.03 Å². The molecule has 2 aromatic carbocycles. The third kappa shape index (κ3) is 5.43. The molecule has 2 amide bonds. The highest BCUT2D eigenvalue weighted by atomic mass is 35.5. The first-order valence-electron chi connectivity index (χ1n) is 10.6. The number of hydrogen-bond donors (Lipinski definition) is 2. The first-order valence-corrected chi connectivity index (χ1v) is 10.9. The molecule has 0 aliphatic carbocycles. The van der Waals surface area contributed by atoms with E-state index in [0.29, 0.717) is 5.02 Å². The highest BCUT2D eigenvalue weighted by Crippen LogP contribution is 2.31. The molecule has 0 unspecified atom stereocenters. The zero-order valence-corrected chi connectivity index (χ0v) is 17.5. The standard InChI is InChI=1S/C23H29ClN4O/c24-21-16-20(8-9-22(21)28-12-4-5-13-28)26-23(29)25-19-10-14-27(15-11-19)17-18-6-2-1-3-7-18/h1-3,6-9,16,19H,4-5,10-15,17H2,(H2,25,26,29). The lowest BCUT2D eigenvalue weighted by Crippen LogP contribution is -2.45. The van der Waals surface area contributed by atoms with Crippen LogP contribution < -0.4 is 15.5 Å². The molecule has 0 saturated carbocycles. The molecule has 2 aromatic rings. The minimum atomic E-state index is -0.156. The number of benzene rings is 2. The summed E-state index contributed by atoms with van der Waals surface area (Å²) in [6.07, 6.45) is 4.36. The van der Waals surface area contributed by atoms with E-state index in [1.165, 1.54) is 18.4 Å². The van der Waals surface area contributed by atoms with Crippen molar-refractivity contribution in [2.24, 2.45) is 0 Å². The molecule has 2 heterocycles. The van der Waals surface area contributed by atoms with Crippen LogP contribution in [0.1, 0.15) is 31.2 Å². The van der Waals surface area contributed by atoms with Crippen LogP contribution in [0.25, 0.3) is 0 Å². The van der Waals surface area contributed by atoms with Crippen molar-refractivity contribution in [2.45, 2.75) is 38.3 Å². The Kier molecular flexibility index (Phi) is 6.57. The summed E-state index contributed by atoms with van der Waals surface area (Å²) in [6.45, 7) is 5.07. The number of anilines is 2. The molecule has 6 heteroatoms. The van der Waals surface area contributed by atoms with Crippen molar-refractivity contribution in [1.29, 1.82) is 0 Å². The molecule has 0 aromatic heterocycles. The van der Waals surface area contributed by atoms with Crippen LogP contribution in [0.5, 0.6) is 0 Å². The lowest BCUT2D eigenvalue weighted by atomic mass is 10.0. The fraction of sp³-hybridized carbons (Fsp3) is 0.435. The number of nitrogens with one attached hydrogen (secondary N) is 2. The van der Waals surface area contributed by atoms with Gasteiger partial charge in [-0.15, -0.1) is 0 Å². The molecule has 29 heavy (non-hydrogen) atoms. The summed E-state index contributed by atoms with van der Waals surface area (Å²) in [7, 11) is 0. The molecule has 0 bridgehead atoms. The Morgan fingerprint density at radius 2 is 1.72 bits per heavy atom. The van der Waals surface area contributed by atoms with Crippen molar-refractivity contribution in [3.05, 3.63) is 59.1 Å². The van der Waals surface area contributed by atoms with Gasteiger partial charge < -0.3 is 15.5 Å². The van der Waals surface area contributed by atoms with E-state index in [1.807, 2.05) is 24.3 Å². The lowest BCUT2D eigenvalue weighted by Gasteiger charge is -2.32. The van der Waals surface area contributed by atoms with E-state index < -0.39 is 0 Å². The van der Waals surface area contributed by atoms with Crippen molar-refractivity contribution in [2.75, 3.05) is 36.4 Å². The Balaban J connectivity index is 1.23. The summed E-state index contributed by atoms with van der Waals surface area (Å²) in [4.78, 5) is 17.2. The van der Waals surface area contributed by atoms with Crippen molar-refractivity contribution in [3.8, 4) is 0 Å². The van der Waals surface area contributed by atoms with Gasteiger partial charge in [0.15, 0.2) is 0 Å². The second-order valence-corrected chi connectivity index (χ2v) is 8.40. The Morgan fingerprint density at radius 1 is 1.00 bits per heavy atom. The van der Waals surface area contributed by atoms with Gasteiger partial charge in [0.1, 0.15) is 0 Å². The van der Waals surface area contributed by atoms with Crippen LogP contribution in [0.15, 0.2) is 48.5 Å². The highest BCUT2D eigenvalue weighted by Gasteiger charge is 2.21. The van der Waals surface area contributed by atoms with E-state index in [0.717, 1.165) is 56.9 Å². The predicted molar refractivity (Wildman–Crippen MR) is 120 cm³/mol. The lowest BCUT2D eigenvalue weighted by molar-refractivity contribution is 0.190. The fourth-order valence-corrected chi connectivity index (χ4v) is 4.53. The number of likely N-dealkylation sites (tertiary alicyclic amines) is 1. The third-order valence-corrected chi connectivity index (χ3v) is 6.13. The smallest absolute Gasteiger partial charge is 0.319 e. The summed E-state index contributed by atoms with van der Waals surface area (Å²) >= 11 is 6.45. The zero-order valence-electron chi connectivity index (χ0n) is 16.7. The maximum absolute atomic E-state index is 12.4. The molecule has 0 radical (unpaired) electrons. The average Bonchev–Trinajstić information content (AvgIpc) is 3.25. The Morgan fingerprint density at radius 3 is 2.41 bits per heavy atom. The maximum Gasteiger partial charge on any atom is 0.319 e. The summed E-state index contributed by atoms with van der Waals surface area (Å²) in [5.74, 6) is 0. The van der Waals surface area contributed by atoms with Crippen LogP contribution in [0.4, 0.5) is 16.2 Å². The first kappa shape index (κ1) is 20.0. The number of piperidine rings is 1. The van der Waals surface area contributed by atoms with Crippen molar-refractivity contribution < 1.29 is 4.79 Å². The van der Waals surface area contributed by atoms with Crippen LogP contribution in [0, 0.1) is 0 Å². The third-order valence-electron chi connectivity index (χ3n) is 5.82. The fourth-order valence-electron chi connectivity index (χ4n) is 4.23. The number of amides is 2. The zero-order chi connectivity index (χ0) is 20.1. The van der Waals surface area contributed by atoms with Gasteiger partial charge in [-0.2, -0.15) is 0 Å². The Labute approximate surface area is 178 Å². The minimum absolute atomic E-state index is 0.156. The average molecular weight is 413 g/mol. The number of carbonyl (C=O) groups is 1. The van der Waals surface area contributed by atoms with E-state index >= 15 is 0 Å². The topological polar surface area (TPSA) is 47.6 Å². The van der Waals surface area contributed by atoms with Gasteiger partial charge in [-0.25, -0.2) is 4.79 Å². The number of carbonyl (C=O) groups excluding carboxylic acids is 1. The predicted octanol–water partition coefficient (Wildman–Crippen LogP) is 4.73. The molecule has 0 spiro atoms. The summed E-state index contributed by atoms with van der Waals surface area (Å²) in [5.41, 5.74) is 3.13. The van der Waals surface area contributed by atoms with Gasteiger partial charge in [-0.3, -0.25) is 4.90 Å². The molecular formula is C23H29ClN4O. The van der Waals surface area contributed by atoms with Crippen LogP contribution >= 0.6 is 11.6 Å². The van der Waals surface area contributed by atoms with Gasteiger partial charge in [0.05, 0.1) is 10.7 Å². The van der Waals surface area contributed by atoms with Crippen LogP contribution in [-0.4, -0.2) is 43.2 Å². The number of halogens is 1. The molecule has 154 valence electrons. The number of hydrogen-bond acceptors (Lipinski definition) is 3. The highest BCUT2D eigenvalue weighted by molar-refractivity contribution is 6.33. The van der Waals surface area contributed by atoms with Gasteiger partial charge in [0.25, 0.3) is 0 Å². The number of urea groups is 1. The van der Waals surface area contributed by atoms with Crippen LogP contribution in [0.3, 0.4) is 0 Å². The molecule has 0 atom stereocenters. The van der Waals surface area contributed by atoms with Crippen molar-refractivity contribution in [1.82, 2.24) is 10.2 Å². The SMILES string of the molecule is O=C(Nc1ccc(N2CCCC2)c(Cl)c1)NC1CCN(Cc2ccccc2)CC1. The Hall–Kier alpha value is -2.24. The summed E-state index contributed by atoms with van der Waals surface area (Å²) in [5, 5.41) is 6.74. The van der Waals surface area contributed by atoms with E-state index in [9.17, 15) is 4.79 Å². The van der Waals surface area contributed by atoms with Crippen molar-refractivity contribution in [3.63, 3.8) is 0 Å². The van der Waals surface area contributed by atoms with Crippen LogP contribution in [-0.2, 0) is 6.54 Å². The molecule has 5 nitrogen and oxygen atoms in total. The maximum atomic E-state index is 12.4. The van der Waals surface area contributed by atoms with E-state index in [1.54, 1.807) is 0 Å². The molecule has 2 N–H and O–H groups in total. The monoisotopic (exact) mass is 412 g/mol. The largest absolute Gasteiger partial charge is 0.370 e. The molecule has 4 rings (SSSR count). The van der Waals surface area contributed by atoms with Gasteiger partial charge in [-0.05, 0) is 49.4 Å². The molecule has 2 aliphatic heterocycles. The second kappa shape index (κ2) is 9.51. The molecule has 2 saturated heterocycles. The molecular weight excluding hydrogens is 384 g/mol. The molecule has 2 fully saturated rings. The van der Waals surface area contributed by atoms with E-state index in [-0.39, 0.29) is 12.1 Å². The molecule has 2 aliphatic rings. The normalized spacial score (nSPS) is 18.0. The van der Waals surface area contributed by atoms with Gasteiger partial charge in [-0.1, -0.05) is 41.9 Å². The summed E-state index contributed by atoms with van der Waals surface area (Å²) in [6, 6.07) is 16.4. The number of rotatable bonds is 5. The van der Waals surface area contributed by atoms with E-state index in [4.69, 9.17) is 11.6 Å². The van der Waals surface area contributed by atoms with Gasteiger partial charge in [0.2, 0.25) is 0 Å². The Bertz CT molecular complexity index is 815. The first-order chi connectivity index (χ1) is 14.2. The van der Waals surface area contributed by atoms with Crippen LogP contribution in [0.2, 0.25) is 5.02 Å². The van der Waals surface area contributed by atoms with Gasteiger partial charge in [0, 0.05) is 44.5 Å².